The van der Waals surface area contributed by atoms with Crippen molar-refractivity contribution in [2.75, 3.05) is 19.7 Å². The third-order valence-electron chi connectivity index (χ3n) is 4.71. The summed E-state index contributed by atoms with van der Waals surface area (Å²) in [5, 5.41) is 3.49. The summed E-state index contributed by atoms with van der Waals surface area (Å²) in [7, 11) is 0. The largest absolute Gasteiger partial charge is 0.375 e. The highest BCUT2D eigenvalue weighted by Crippen LogP contribution is 2.31. The summed E-state index contributed by atoms with van der Waals surface area (Å²) in [4.78, 5) is 0. The Morgan fingerprint density at radius 2 is 1.56 bits per heavy atom. The first kappa shape index (κ1) is 17.9. The van der Waals surface area contributed by atoms with Crippen LogP contribution in [-0.2, 0) is 4.74 Å². The fourth-order valence-corrected chi connectivity index (χ4v) is 1.71. The third-order valence-corrected chi connectivity index (χ3v) is 4.71. The van der Waals surface area contributed by atoms with Gasteiger partial charge >= 0.3 is 0 Å². The average molecular weight is 257 g/mol. The van der Waals surface area contributed by atoms with Crippen LogP contribution < -0.4 is 5.32 Å². The van der Waals surface area contributed by atoms with E-state index in [2.05, 4.69) is 60.7 Å². The zero-order valence-corrected chi connectivity index (χ0v) is 13.9. The quantitative estimate of drug-likeness (QED) is 0.671. The van der Waals surface area contributed by atoms with Gasteiger partial charge in [0.2, 0.25) is 0 Å². The molecule has 1 N–H and O–H groups in total. The summed E-state index contributed by atoms with van der Waals surface area (Å²) < 4.78 is 6.09. The maximum Gasteiger partial charge on any atom is 0.0649 e. The zero-order valence-electron chi connectivity index (χ0n) is 13.9. The average Bonchev–Trinajstić information content (AvgIpc) is 2.25. The van der Waals surface area contributed by atoms with Crippen molar-refractivity contribution in [1.29, 1.82) is 0 Å². The van der Waals surface area contributed by atoms with E-state index in [-0.39, 0.29) is 5.60 Å². The summed E-state index contributed by atoms with van der Waals surface area (Å²) in [5.74, 6) is 1.22. The minimum atomic E-state index is -0.0178. The van der Waals surface area contributed by atoms with Crippen molar-refractivity contribution < 1.29 is 4.74 Å². The fraction of sp³-hybridized carbons (Fsp3) is 1.00. The number of hydrogen-bond acceptors (Lipinski definition) is 2. The van der Waals surface area contributed by atoms with Crippen molar-refractivity contribution in [2.24, 2.45) is 17.3 Å². The number of ether oxygens (including phenoxy) is 1. The van der Waals surface area contributed by atoms with E-state index < -0.39 is 0 Å². The molecule has 0 saturated carbocycles. The fourth-order valence-electron chi connectivity index (χ4n) is 1.71. The molecule has 0 aliphatic carbocycles. The van der Waals surface area contributed by atoms with Gasteiger partial charge in [0.25, 0.3) is 0 Å². The van der Waals surface area contributed by atoms with Crippen LogP contribution in [0.15, 0.2) is 0 Å². The predicted octanol–water partition coefficient (Wildman–Crippen LogP) is 4.10. The standard InChI is InChI=1S/C16H35NO/c1-9-17-12-16(8,14(4)5)10-11-18-15(6,7)13(2)3/h13-14,17H,9-12H2,1-8H3. The van der Waals surface area contributed by atoms with Crippen molar-refractivity contribution >= 4 is 0 Å². The predicted molar refractivity (Wildman–Crippen MR) is 81.0 cm³/mol. The minimum absolute atomic E-state index is 0.0178. The van der Waals surface area contributed by atoms with Gasteiger partial charge in [-0.2, -0.15) is 0 Å². The second-order valence-electron chi connectivity index (χ2n) is 6.95. The molecule has 0 radical (unpaired) electrons. The van der Waals surface area contributed by atoms with Crippen LogP contribution in [0, 0.1) is 17.3 Å². The van der Waals surface area contributed by atoms with Gasteiger partial charge in [-0.05, 0) is 44.1 Å². The van der Waals surface area contributed by atoms with Crippen LogP contribution in [0.1, 0.15) is 61.8 Å². The van der Waals surface area contributed by atoms with Gasteiger partial charge in [-0.3, -0.25) is 0 Å². The van der Waals surface area contributed by atoms with E-state index in [9.17, 15) is 0 Å². The lowest BCUT2D eigenvalue weighted by Gasteiger charge is -2.36. The van der Waals surface area contributed by atoms with Gasteiger partial charge in [0.05, 0.1) is 5.60 Å². The van der Waals surface area contributed by atoms with Crippen LogP contribution in [-0.4, -0.2) is 25.3 Å². The molecule has 2 heteroatoms. The summed E-state index contributed by atoms with van der Waals surface area (Å²) >= 11 is 0. The molecule has 0 fully saturated rings. The lowest BCUT2D eigenvalue weighted by molar-refractivity contribution is -0.0633. The van der Waals surface area contributed by atoms with Gasteiger partial charge in [-0.25, -0.2) is 0 Å². The lowest BCUT2D eigenvalue weighted by Crippen LogP contribution is -2.39. The molecule has 1 unspecified atom stereocenters. The maximum absolute atomic E-state index is 6.09. The molecule has 1 atom stereocenters. The third kappa shape index (κ3) is 5.71. The lowest BCUT2D eigenvalue weighted by atomic mass is 9.76. The monoisotopic (exact) mass is 257 g/mol. The van der Waals surface area contributed by atoms with E-state index >= 15 is 0 Å². The van der Waals surface area contributed by atoms with Crippen LogP contribution in [0.25, 0.3) is 0 Å². The normalized spacial score (nSPS) is 16.3. The Bertz CT molecular complexity index is 223. The molecular weight excluding hydrogens is 222 g/mol. The van der Waals surface area contributed by atoms with E-state index in [0.29, 0.717) is 17.3 Å². The SMILES string of the molecule is CCNCC(C)(CCOC(C)(C)C(C)C)C(C)C. The maximum atomic E-state index is 6.09. The van der Waals surface area contributed by atoms with Crippen molar-refractivity contribution in [3.8, 4) is 0 Å². The topological polar surface area (TPSA) is 21.3 Å². The van der Waals surface area contributed by atoms with Crippen LogP contribution in [0.4, 0.5) is 0 Å². The first-order valence-electron chi connectivity index (χ1n) is 7.50. The highest BCUT2D eigenvalue weighted by molar-refractivity contribution is 4.81. The van der Waals surface area contributed by atoms with E-state index in [1.807, 2.05) is 0 Å². The zero-order chi connectivity index (χ0) is 14.4. The molecule has 0 aromatic carbocycles. The molecule has 0 rings (SSSR count). The van der Waals surface area contributed by atoms with Gasteiger partial charge in [0.1, 0.15) is 0 Å². The molecule has 2 nitrogen and oxygen atoms in total. The molecule has 0 bridgehead atoms. The van der Waals surface area contributed by atoms with Crippen LogP contribution >= 0.6 is 0 Å². The van der Waals surface area contributed by atoms with Crippen molar-refractivity contribution in [3.05, 3.63) is 0 Å². The number of hydrogen-bond donors (Lipinski definition) is 1. The van der Waals surface area contributed by atoms with Gasteiger partial charge in [0.15, 0.2) is 0 Å². The van der Waals surface area contributed by atoms with Crippen LogP contribution in [0.5, 0.6) is 0 Å². The van der Waals surface area contributed by atoms with E-state index in [0.717, 1.165) is 26.1 Å². The molecule has 0 saturated heterocycles. The Morgan fingerprint density at radius 3 is 1.94 bits per heavy atom. The Hall–Kier alpha value is -0.0800. The number of nitrogens with one attached hydrogen (secondary N) is 1. The number of rotatable bonds is 9. The highest BCUT2D eigenvalue weighted by atomic mass is 16.5. The van der Waals surface area contributed by atoms with Crippen molar-refractivity contribution in [1.82, 2.24) is 5.32 Å². The first-order chi connectivity index (χ1) is 8.15. The van der Waals surface area contributed by atoms with Gasteiger partial charge in [-0.1, -0.05) is 41.5 Å². The van der Waals surface area contributed by atoms with E-state index in [1.54, 1.807) is 0 Å². The molecule has 0 heterocycles. The van der Waals surface area contributed by atoms with E-state index in [4.69, 9.17) is 4.74 Å². The molecule has 0 spiro atoms. The Balaban J connectivity index is 4.28. The van der Waals surface area contributed by atoms with Crippen LogP contribution in [0.3, 0.4) is 0 Å². The molecule has 0 aromatic rings. The minimum Gasteiger partial charge on any atom is -0.375 e. The Labute approximate surface area is 115 Å². The van der Waals surface area contributed by atoms with Gasteiger partial charge < -0.3 is 10.1 Å². The summed E-state index contributed by atoms with van der Waals surface area (Å²) in [6.07, 6.45) is 1.12. The van der Waals surface area contributed by atoms with Crippen LogP contribution in [0.2, 0.25) is 0 Å². The molecule has 0 aliphatic heterocycles. The summed E-state index contributed by atoms with van der Waals surface area (Å²) in [5.41, 5.74) is 0.305. The second kappa shape index (κ2) is 7.49. The summed E-state index contributed by atoms with van der Waals surface area (Å²) in [6, 6.07) is 0. The second-order valence-corrected chi connectivity index (χ2v) is 6.95. The van der Waals surface area contributed by atoms with Gasteiger partial charge in [0, 0.05) is 13.2 Å². The summed E-state index contributed by atoms with van der Waals surface area (Å²) in [6.45, 7) is 20.9. The Morgan fingerprint density at radius 1 is 1.00 bits per heavy atom. The molecule has 18 heavy (non-hydrogen) atoms. The molecule has 0 aliphatic rings. The van der Waals surface area contributed by atoms with Crippen molar-refractivity contribution in [2.45, 2.75) is 67.4 Å². The molecule has 0 amide bonds. The van der Waals surface area contributed by atoms with Gasteiger partial charge in [-0.15, -0.1) is 0 Å². The Kier molecular flexibility index (Phi) is 7.46. The first-order valence-corrected chi connectivity index (χ1v) is 7.50. The van der Waals surface area contributed by atoms with E-state index in [1.165, 1.54) is 0 Å². The smallest absolute Gasteiger partial charge is 0.0649 e. The molecular formula is C16H35NO. The molecule has 0 aromatic heterocycles. The molecule has 110 valence electrons. The van der Waals surface area contributed by atoms with Crippen molar-refractivity contribution in [3.63, 3.8) is 0 Å². The highest BCUT2D eigenvalue weighted by Gasteiger charge is 2.29.